The number of allylic oxidation sites excluding steroid dienone is 2. The van der Waals surface area contributed by atoms with Crippen LogP contribution in [0.1, 0.15) is 174 Å². The summed E-state index contributed by atoms with van der Waals surface area (Å²) in [5.74, 6) is -0.0970. The van der Waals surface area contributed by atoms with Gasteiger partial charge in [-0.15, -0.1) is 0 Å². The highest BCUT2D eigenvalue weighted by Gasteiger charge is 2.10. The molecule has 42 heavy (non-hydrogen) atoms. The molecular formula is C36H62O5S. The van der Waals surface area contributed by atoms with Crippen molar-refractivity contribution in [1.82, 2.24) is 0 Å². The largest absolute Gasteiger partial charge is 0.427 e. The van der Waals surface area contributed by atoms with E-state index in [1.54, 1.807) is 0 Å². The lowest BCUT2D eigenvalue weighted by molar-refractivity contribution is -0.134. The van der Waals surface area contributed by atoms with Gasteiger partial charge in [0.25, 0.3) is 10.1 Å². The molecule has 0 saturated heterocycles. The molecule has 0 aliphatic carbocycles. The lowest BCUT2D eigenvalue weighted by Gasteiger charge is -2.04. The van der Waals surface area contributed by atoms with Crippen LogP contribution in [0.5, 0.6) is 5.75 Å². The van der Waals surface area contributed by atoms with Crippen LogP contribution in [0, 0.1) is 0 Å². The number of esters is 1. The van der Waals surface area contributed by atoms with Crippen molar-refractivity contribution in [2.45, 2.75) is 179 Å². The summed E-state index contributed by atoms with van der Waals surface area (Å²) in [7, 11) is -4.24. The van der Waals surface area contributed by atoms with Gasteiger partial charge in [-0.1, -0.05) is 160 Å². The van der Waals surface area contributed by atoms with Crippen LogP contribution in [0.25, 0.3) is 0 Å². The lowest BCUT2D eigenvalue weighted by atomic mass is 10.0. The predicted octanol–water partition coefficient (Wildman–Crippen LogP) is 11.6. The minimum atomic E-state index is -4.24. The lowest BCUT2D eigenvalue weighted by Crippen LogP contribution is -2.07. The summed E-state index contributed by atoms with van der Waals surface area (Å²) in [6.45, 7) is 2.29. The van der Waals surface area contributed by atoms with Gasteiger partial charge in [-0.25, -0.2) is 0 Å². The SMILES string of the molecule is CCCCCCCCCCCCCCCCCCCCCCCCCC=CCCC(=O)Oc1ccc(S(=O)(=O)O)cc1. The molecule has 1 rings (SSSR count). The zero-order chi connectivity index (χ0) is 30.6. The molecule has 0 saturated carbocycles. The van der Waals surface area contributed by atoms with E-state index in [0.29, 0.717) is 6.42 Å². The molecule has 0 unspecified atom stereocenters. The predicted molar refractivity (Wildman–Crippen MR) is 177 cm³/mol. The summed E-state index contributed by atoms with van der Waals surface area (Å²) in [6.07, 6.45) is 38.4. The van der Waals surface area contributed by atoms with E-state index >= 15 is 0 Å². The van der Waals surface area contributed by atoms with Crippen LogP contribution in [0.4, 0.5) is 0 Å². The molecule has 0 amide bonds. The zero-order valence-corrected chi connectivity index (χ0v) is 27.7. The van der Waals surface area contributed by atoms with Crippen molar-refractivity contribution < 1.29 is 22.5 Å². The molecule has 0 bridgehead atoms. The van der Waals surface area contributed by atoms with E-state index in [9.17, 15) is 13.2 Å². The van der Waals surface area contributed by atoms with Crippen LogP contribution >= 0.6 is 0 Å². The Labute approximate surface area is 259 Å². The number of hydrogen-bond donors (Lipinski definition) is 1. The van der Waals surface area contributed by atoms with Crippen LogP contribution < -0.4 is 4.74 Å². The van der Waals surface area contributed by atoms with Crippen molar-refractivity contribution in [3.63, 3.8) is 0 Å². The average Bonchev–Trinajstić information content (AvgIpc) is 2.96. The number of rotatable bonds is 29. The number of benzene rings is 1. The molecule has 0 radical (unpaired) electrons. The Kier molecular flexibility index (Phi) is 24.6. The standard InChI is InChI=1S/C36H62O5S/c1-2-3-4-5-6-7-8-9-10-11-12-13-14-15-16-17-18-19-20-21-22-23-24-25-26-27-28-29-36(37)41-34-30-32-35(33-31-34)42(38,39)40/h26-27,30-33H,2-25,28-29H2,1H3,(H,38,39,40). The van der Waals surface area contributed by atoms with Crippen molar-refractivity contribution in [1.29, 1.82) is 0 Å². The van der Waals surface area contributed by atoms with E-state index in [-0.39, 0.29) is 23.0 Å². The Balaban J connectivity index is 1.78. The molecule has 1 N–H and O–H groups in total. The first kappa shape index (κ1) is 38.4. The molecule has 6 heteroatoms. The Morgan fingerprint density at radius 3 is 1.33 bits per heavy atom. The van der Waals surface area contributed by atoms with Gasteiger partial charge in [-0.2, -0.15) is 8.42 Å². The molecule has 0 aromatic heterocycles. The molecule has 0 atom stereocenters. The fourth-order valence-corrected chi connectivity index (χ4v) is 5.83. The first-order chi connectivity index (χ1) is 20.4. The average molecular weight is 607 g/mol. The third-order valence-electron chi connectivity index (χ3n) is 8.01. The highest BCUT2D eigenvalue weighted by atomic mass is 32.2. The summed E-state index contributed by atoms with van der Waals surface area (Å²) >= 11 is 0. The summed E-state index contributed by atoms with van der Waals surface area (Å²) in [4.78, 5) is 11.7. The zero-order valence-electron chi connectivity index (χ0n) is 26.8. The van der Waals surface area contributed by atoms with Gasteiger partial charge < -0.3 is 4.74 Å². The van der Waals surface area contributed by atoms with Crippen molar-refractivity contribution in [2.75, 3.05) is 0 Å². The number of unbranched alkanes of at least 4 members (excludes halogenated alkanes) is 23. The van der Waals surface area contributed by atoms with Crippen molar-refractivity contribution >= 4 is 16.1 Å². The van der Waals surface area contributed by atoms with E-state index in [1.807, 2.05) is 6.08 Å². The summed E-state index contributed by atoms with van der Waals surface area (Å²) < 4.78 is 36.3. The van der Waals surface area contributed by atoms with E-state index in [2.05, 4.69) is 13.0 Å². The Hall–Kier alpha value is -1.66. The van der Waals surface area contributed by atoms with Crippen LogP contribution in [0.15, 0.2) is 41.3 Å². The summed E-state index contributed by atoms with van der Waals surface area (Å²) in [5, 5.41) is 0. The van der Waals surface area contributed by atoms with Gasteiger partial charge >= 0.3 is 5.97 Å². The number of carbonyl (C=O) groups excluding carboxylic acids is 1. The van der Waals surface area contributed by atoms with Gasteiger partial charge in [0.15, 0.2) is 0 Å². The normalized spacial score (nSPS) is 11.9. The fraction of sp³-hybridized carbons (Fsp3) is 0.750. The minimum Gasteiger partial charge on any atom is -0.427 e. The van der Waals surface area contributed by atoms with Gasteiger partial charge in [0, 0.05) is 6.42 Å². The van der Waals surface area contributed by atoms with Crippen LogP contribution in [0.3, 0.4) is 0 Å². The molecule has 0 heterocycles. The maximum atomic E-state index is 11.9. The molecule has 0 spiro atoms. The number of carbonyl (C=O) groups is 1. The first-order valence-corrected chi connectivity index (χ1v) is 18.8. The van der Waals surface area contributed by atoms with E-state index in [0.717, 1.165) is 6.42 Å². The van der Waals surface area contributed by atoms with Gasteiger partial charge in [0.05, 0.1) is 4.90 Å². The van der Waals surface area contributed by atoms with Gasteiger partial charge in [-0.3, -0.25) is 9.35 Å². The van der Waals surface area contributed by atoms with E-state index < -0.39 is 10.1 Å². The fourth-order valence-electron chi connectivity index (χ4n) is 5.35. The second kappa shape index (κ2) is 26.9. The monoisotopic (exact) mass is 606 g/mol. The van der Waals surface area contributed by atoms with Crippen molar-refractivity contribution in [2.24, 2.45) is 0 Å². The topological polar surface area (TPSA) is 80.7 Å². The maximum absolute atomic E-state index is 11.9. The molecule has 5 nitrogen and oxygen atoms in total. The van der Waals surface area contributed by atoms with Gasteiger partial charge in [0.1, 0.15) is 5.75 Å². The summed E-state index contributed by atoms with van der Waals surface area (Å²) in [5.41, 5.74) is 0. The van der Waals surface area contributed by atoms with E-state index in [4.69, 9.17) is 9.29 Å². The van der Waals surface area contributed by atoms with Crippen LogP contribution in [-0.2, 0) is 14.9 Å². The Morgan fingerprint density at radius 1 is 0.595 bits per heavy atom. The second-order valence-corrected chi connectivity index (χ2v) is 13.4. The van der Waals surface area contributed by atoms with Crippen molar-refractivity contribution in [3.05, 3.63) is 36.4 Å². The Bertz CT molecular complexity index is 892. The van der Waals surface area contributed by atoms with Crippen molar-refractivity contribution in [3.8, 4) is 5.75 Å². The molecule has 1 aromatic rings. The Morgan fingerprint density at radius 2 is 0.952 bits per heavy atom. The molecule has 242 valence electrons. The molecule has 1 aromatic carbocycles. The highest BCUT2D eigenvalue weighted by molar-refractivity contribution is 7.85. The molecular weight excluding hydrogens is 544 g/mol. The third-order valence-corrected chi connectivity index (χ3v) is 8.88. The molecule has 0 fully saturated rings. The van der Waals surface area contributed by atoms with E-state index in [1.165, 1.54) is 172 Å². The maximum Gasteiger partial charge on any atom is 0.311 e. The quantitative estimate of drug-likeness (QED) is 0.0322. The molecule has 0 aliphatic heterocycles. The summed E-state index contributed by atoms with van der Waals surface area (Å²) in [6, 6.07) is 5.14. The molecule has 0 aliphatic rings. The van der Waals surface area contributed by atoms with Crippen LogP contribution in [-0.4, -0.2) is 18.9 Å². The number of hydrogen-bond acceptors (Lipinski definition) is 4. The van der Waals surface area contributed by atoms with Crippen LogP contribution in [0.2, 0.25) is 0 Å². The van der Waals surface area contributed by atoms with Gasteiger partial charge in [-0.05, 0) is 43.5 Å². The van der Waals surface area contributed by atoms with Gasteiger partial charge in [0.2, 0.25) is 0 Å². The smallest absolute Gasteiger partial charge is 0.311 e. The third kappa shape index (κ3) is 23.9. The second-order valence-electron chi connectivity index (χ2n) is 12.0. The highest BCUT2D eigenvalue weighted by Crippen LogP contribution is 2.17. The minimum absolute atomic E-state index is 0.226. The number of ether oxygens (including phenoxy) is 1. The first-order valence-electron chi connectivity index (χ1n) is 17.4.